The number of aryl methyl sites for hydroxylation is 1. The molecule has 20 heavy (non-hydrogen) atoms. The standard InChI is InChI=1S/C12H11FN4O3/c1-17-6-7(5-14-17)15-12(20)16-10-8(11(18)19)3-2-4-9(10)13/h2-6H,1H3,(H,18,19)(H2,15,16,20). The Labute approximate surface area is 113 Å². The van der Waals surface area contributed by atoms with Gasteiger partial charge in [-0.2, -0.15) is 5.10 Å². The highest BCUT2D eigenvalue weighted by Crippen LogP contribution is 2.20. The summed E-state index contributed by atoms with van der Waals surface area (Å²) in [4.78, 5) is 22.7. The van der Waals surface area contributed by atoms with Gasteiger partial charge in [0.1, 0.15) is 5.82 Å². The summed E-state index contributed by atoms with van der Waals surface area (Å²) in [5.74, 6) is -2.16. The molecular formula is C12H11FN4O3. The van der Waals surface area contributed by atoms with E-state index in [9.17, 15) is 14.0 Å². The quantitative estimate of drug-likeness (QED) is 0.798. The average molecular weight is 278 g/mol. The van der Waals surface area contributed by atoms with Crippen molar-refractivity contribution in [2.24, 2.45) is 7.05 Å². The second-order valence-electron chi connectivity index (χ2n) is 3.95. The highest BCUT2D eigenvalue weighted by atomic mass is 19.1. The van der Waals surface area contributed by atoms with Crippen molar-refractivity contribution >= 4 is 23.4 Å². The Bertz CT molecular complexity index is 668. The zero-order chi connectivity index (χ0) is 14.7. The van der Waals surface area contributed by atoms with Crippen LogP contribution in [0.4, 0.5) is 20.6 Å². The van der Waals surface area contributed by atoms with Gasteiger partial charge in [-0.25, -0.2) is 14.0 Å². The lowest BCUT2D eigenvalue weighted by Crippen LogP contribution is -2.21. The number of nitrogens with one attached hydrogen (secondary N) is 2. The molecule has 0 bridgehead atoms. The molecule has 0 fully saturated rings. The molecule has 0 aliphatic carbocycles. The molecule has 2 rings (SSSR count). The molecule has 0 aliphatic heterocycles. The molecule has 104 valence electrons. The Morgan fingerprint density at radius 3 is 2.70 bits per heavy atom. The van der Waals surface area contributed by atoms with Crippen LogP contribution in [0.2, 0.25) is 0 Å². The van der Waals surface area contributed by atoms with Gasteiger partial charge in [0.15, 0.2) is 0 Å². The number of hydrogen-bond acceptors (Lipinski definition) is 3. The molecule has 0 saturated carbocycles. The molecule has 0 atom stereocenters. The van der Waals surface area contributed by atoms with Crippen LogP contribution in [0.3, 0.4) is 0 Å². The molecule has 0 unspecified atom stereocenters. The van der Waals surface area contributed by atoms with Gasteiger partial charge in [0, 0.05) is 13.2 Å². The van der Waals surface area contributed by atoms with Crippen LogP contribution < -0.4 is 10.6 Å². The van der Waals surface area contributed by atoms with Gasteiger partial charge in [-0.1, -0.05) is 6.07 Å². The first-order chi connectivity index (χ1) is 9.47. The van der Waals surface area contributed by atoms with E-state index in [0.29, 0.717) is 5.69 Å². The summed E-state index contributed by atoms with van der Waals surface area (Å²) < 4.78 is 15.1. The monoisotopic (exact) mass is 278 g/mol. The van der Waals surface area contributed by atoms with Gasteiger partial charge in [0.2, 0.25) is 0 Å². The van der Waals surface area contributed by atoms with E-state index in [1.807, 2.05) is 0 Å². The summed E-state index contributed by atoms with van der Waals surface area (Å²) in [5.41, 5.74) is -0.314. The average Bonchev–Trinajstić information content (AvgIpc) is 2.77. The normalized spacial score (nSPS) is 10.1. The number of urea groups is 1. The Balaban J connectivity index is 2.17. The van der Waals surface area contributed by atoms with E-state index in [-0.39, 0.29) is 11.3 Å². The van der Waals surface area contributed by atoms with Crippen molar-refractivity contribution in [1.82, 2.24) is 9.78 Å². The summed E-state index contributed by atoms with van der Waals surface area (Å²) in [6, 6.07) is 2.76. The second-order valence-corrected chi connectivity index (χ2v) is 3.95. The minimum Gasteiger partial charge on any atom is -0.478 e. The lowest BCUT2D eigenvalue weighted by Gasteiger charge is -2.09. The molecule has 7 nitrogen and oxygen atoms in total. The lowest BCUT2D eigenvalue weighted by atomic mass is 10.1. The van der Waals surface area contributed by atoms with Crippen molar-refractivity contribution < 1.29 is 19.1 Å². The summed E-state index contributed by atoms with van der Waals surface area (Å²) in [6.07, 6.45) is 2.94. The first kappa shape index (κ1) is 13.5. The van der Waals surface area contributed by atoms with Crippen molar-refractivity contribution in [3.05, 3.63) is 42.0 Å². The van der Waals surface area contributed by atoms with Crippen molar-refractivity contribution in [2.75, 3.05) is 10.6 Å². The third-order valence-corrected chi connectivity index (χ3v) is 2.45. The first-order valence-corrected chi connectivity index (χ1v) is 5.56. The van der Waals surface area contributed by atoms with Gasteiger partial charge in [0.25, 0.3) is 0 Å². The fourth-order valence-electron chi connectivity index (χ4n) is 1.59. The highest BCUT2D eigenvalue weighted by Gasteiger charge is 2.16. The molecule has 0 saturated heterocycles. The molecule has 2 aromatic rings. The van der Waals surface area contributed by atoms with Crippen LogP contribution in [0.15, 0.2) is 30.6 Å². The van der Waals surface area contributed by atoms with Crippen LogP contribution in [0.25, 0.3) is 0 Å². The number of benzene rings is 1. The van der Waals surface area contributed by atoms with Gasteiger partial charge in [-0.15, -0.1) is 0 Å². The zero-order valence-electron chi connectivity index (χ0n) is 10.4. The van der Waals surface area contributed by atoms with Crippen molar-refractivity contribution in [3.63, 3.8) is 0 Å². The van der Waals surface area contributed by atoms with Gasteiger partial charge in [-0.05, 0) is 12.1 Å². The van der Waals surface area contributed by atoms with Crippen LogP contribution in [0.1, 0.15) is 10.4 Å². The number of aromatic nitrogens is 2. The number of nitrogens with zero attached hydrogens (tertiary/aromatic N) is 2. The number of carboxylic acids is 1. The van der Waals surface area contributed by atoms with Gasteiger partial charge in [-0.3, -0.25) is 4.68 Å². The predicted molar refractivity (Wildman–Crippen MR) is 69.2 cm³/mol. The third kappa shape index (κ3) is 2.91. The molecule has 0 radical (unpaired) electrons. The highest BCUT2D eigenvalue weighted by molar-refractivity contribution is 6.04. The number of aromatic carboxylic acids is 1. The maximum absolute atomic E-state index is 13.6. The Morgan fingerprint density at radius 1 is 1.35 bits per heavy atom. The second kappa shape index (κ2) is 5.39. The largest absolute Gasteiger partial charge is 0.478 e. The molecule has 0 spiro atoms. The van der Waals surface area contributed by atoms with Crippen molar-refractivity contribution in [2.45, 2.75) is 0 Å². The number of anilines is 2. The molecular weight excluding hydrogens is 267 g/mol. The van der Waals surface area contributed by atoms with Crippen LogP contribution in [-0.4, -0.2) is 26.9 Å². The molecule has 3 N–H and O–H groups in total. The number of carbonyl (C=O) groups excluding carboxylic acids is 1. The van der Waals surface area contributed by atoms with Crippen LogP contribution >= 0.6 is 0 Å². The number of halogens is 1. The van der Waals surface area contributed by atoms with E-state index in [2.05, 4.69) is 15.7 Å². The van der Waals surface area contributed by atoms with Crippen LogP contribution in [-0.2, 0) is 7.05 Å². The number of carboxylic acid groups (broad SMARTS) is 1. The van der Waals surface area contributed by atoms with E-state index in [4.69, 9.17) is 5.11 Å². The molecule has 1 aromatic carbocycles. The molecule has 1 aromatic heterocycles. The van der Waals surface area contributed by atoms with Crippen molar-refractivity contribution in [3.8, 4) is 0 Å². The van der Waals surface area contributed by atoms with E-state index in [1.165, 1.54) is 23.0 Å². The fourth-order valence-corrected chi connectivity index (χ4v) is 1.59. The minimum atomic E-state index is -1.33. The number of rotatable bonds is 3. The van der Waals surface area contributed by atoms with E-state index in [0.717, 1.165) is 6.07 Å². The van der Waals surface area contributed by atoms with Gasteiger partial charge < -0.3 is 15.7 Å². The van der Waals surface area contributed by atoms with E-state index < -0.39 is 17.8 Å². The van der Waals surface area contributed by atoms with Gasteiger partial charge >= 0.3 is 12.0 Å². The lowest BCUT2D eigenvalue weighted by molar-refractivity contribution is 0.0697. The van der Waals surface area contributed by atoms with Crippen LogP contribution in [0, 0.1) is 5.82 Å². The smallest absolute Gasteiger partial charge is 0.337 e. The van der Waals surface area contributed by atoms with Crippen LogP contribution in [0.5, 0.6) is 0 Å². The number of amides is 2. The summed E-state index contributed by atoms with van der Waals surface area (Å²) >= 11 is 0. The van der Waals surface area contributed by atoms with Crippen molar-refractivity contribution in [1.29, 1.82) is 0 Å². The van der Waals surface area contributed by atoms with E-state index >= 15 is 0 Å². The minimum absolute atomic E-state index is 0.327. The SMILES string of the molecule is Cn1cc(NC(=O)Nc2c(F)cccc2C(=O)O)cn1. The number of carbonyl (C=O) groups is 2. The molecule has 8 heteroatoms. The summed E-state index contributed by atoms with van der Waals surface area (Å²) in [6.45, 7) is 0. The Hall–Kier alpha value is -2.90. The molecule has 0 aliphatic rings. The summed E-state index contributed by atoms with van der Waals surface area (Å²) in [7, 11) is 1.67. The maximum atomic E-state index is 13.6. The number of hydrogen-bond donors (Lipinski definition) is 3. The first-order valence-electron chi connectivity index (χ1n) is 5.56. The predicted octanol–water partition coefficient (Wildman–Crippen LogP) is 1.90. The van der Waals surface area contributed by atoms with E-state index in [1.54, 1.807) is 13.2 Å². The topological polar surface area (TPSA) is 96.2 Å². The molecule has 1 heterocycles. The molecule has 2 amide bonds. The Morgan fingerprint density at radius 2 is 2.10 bits per heavy atom. The summed E-state index contributed by atoms with van der Waals surface area (Å²) in [5, 5.41) is 17.4. The zero-order valence-corrected chi connectivity index (χ0v) is 10.4. The third-order valence-electron chi connectivity index (χ3n) is 2.45. The Kier molecular flexibility index (Phi) is 3.65. The fraction of sp³-hybridized carbons (Fsp3) is 0.0833. The number of para-hydroxylation sites is 1. The maximum Gasteiger partial charge on any atom is 0.337 e. The van der Waals surface area contributed by atoms with Gasteiger partial charge in [0.05, 0.1) is 23.1 Å².